The van der Waals surface area contributed by atoms with E-state index < -0.39 is 11.7 Å². The van der Waals surface area contributed by atoms with Crippen molar-refractivity contribution in [3.8, 4) is 28.7 Å². The number of halogens is 3. The summed E-state index contributed by atoms with van der Waals surface area (Å²) in [5, 5.41) is 9.85. The van der Waals surface area contributed by atoms with E-state index in [1.165, 1.54) is 13.2 Å². The van der Waals surface area contributed by atoms with Gasteiger partial charge in [0.1, 0.15) is 24.1 Å². The summed E-state index contributed by atoms with van der Waals surface area (Å²) in [6.45, 7) is -0.0549. The van der Waals surface area contributed by atoms with Gasteiger partial charge in [-0.1, -0.05) is 31.0 Å². The number of aryl methyl sites for hydroxylation is 1. The second kappa shape index (κ2) is 10.3. The molecule has 5 nitrogen and oxygen atoms in total. The number of anilines is 1. The normalized spacial score (nSPS) is 13.8. The summed E-state index contributed by atoms with van der Waals surface area (Å²) in [4.78, 5) is 4.54. The third-order valence-corrected chi connectivity index (χ3v) is 6.21. The number of nitriles is 1. The van der Waals surface area contributed by atoms with Gasteiger partial charge in [0, 0.05) is 11.3 Å². The zero-order chi connectivity index (χ0) is 25.0. The summed E-state index contributed by atoms with van der Waals surface area (Å²) in [5.74, 6) is 1.01. The maximum atomic E-state index is 13.0. The van der Waals surface area contributed by atoms with Crippen LogP contribution in [0.25, 0.3) is 11.1 Å². The first kappa shape index (κ1) is 24.4. The van der Waals surface area contributed by atoms with Crippen molar-refractivity contribution in [1.82, 2.24) is 4.98 Å². The summed E-state index contributed by atoms with van der Waals surface area (Å²) in [7, 11) is 1.49. The maximum absolute atomic E-state index is 13.0. The number of benzene rings is 2. The van der Waals surface area contributed by atoms with Crippen LogP contribution in [0.2, 0.25) is 0 Å². The average molecular weight is 482 g/mol. The Bertz CT molecular complexity index is 1270. The average Bonchev–Trinajstić information content (AvgIpc) is 2.83. The molecule has 2 aromatic carbocycles. The van der Waals surface area contributed by atoms with Gasteiger partial charge in [0.2, 0.25) is 0 Å². The van der Waals surface area contributed by atoms with Crippen LogP contribution in [0, 0.1) is 11.3 Å². The zero-order valence-corrected chi connectivity index (χ0v) is 19.4. The number of hydrogen-bond acceptors (Lipinski definition) is 5. The molecule has 4 rings (SSSR count). The van der Waals surface area contributed by atoms with Crippen molar-refractivity contribution in [3.63, 3.8) is 0 Å². The van der Waals surface area contributed by atoms with Gasteiger partial charge in [0.05, 0.1) is 12.7 Å². The van der Waals surface area contributed by atoms with Gasteiger partial charge in [-0.15, -0.1) is 0 Å². The molecule has 1 aliphatic carbocycles. The predicted octanol–water partition coefficient (Wildman–Crippen LogP) is 6.47. The fourth-order valence-corrected chi connectivity index (χ4v) is 4.49. The van der Waals surface area contributed by atoms with Crippen LogP contribution in [0.15, 0.2) is 42.5 Å². The Kier molecular flexibility index (Phi) is 7.15. The molecule has 0 saturated carbocycles. The van der Waals surface area contributed by atoms with Crippen LogP contribution in [0.3, 0.4) is 0 Å². The van der Waals surface area contributed by atoms with Crippen LogP contribution in [0.5, 0.6) is 11.5 Å². The van der Waals surface area contributed by atoms with Gasteiger partial charge in [-0.05, 0) is 66.6 Å². The Labute approximate surface area is 202 Å². The number of nitrogens with zero attached hydrogens (tertiary/aromatic N) is 2. The number of alkyl halides is 3. The topological polar surface area (TPSA) is 81.2 Å². The highest BCUT2D eigenvalue weighted by molar-refractivity contribution is 5.80. The van der Waals surface area contributed by atoms with Gasteiger partial charge in [-0.2, -0.15) is 18.4 Å². The standard InChI is InChI=1S/C27H26F3N3O2/c1-34-24-14-18(11-12-23(24)35-16-17-7-6-8-19(13-17)27(28,29)30)25-20-9-4-2-3-5-10-22(20)33-26(32)21(25)15-31/h6-8,11-14H,2-5,9-10,16H2,1H3,(H2,32,33). The Morgan fingerprint density at radius 3 is 2.51 bits per heavy atom. The van der Waals surface area contributed by atoms with Crippen LogP contribution >= 0.6 is 0 Å². The number of aromatic nitrogens is 1. The minimum Gasteiger partial charge on any atom is -0.493 e. The van der Waals surface area contributed by atoms with E-state index >= 15 is 0 Å². The predicted molar refractivity (Wildman–Crippen MR) is 127 cm³/mol. The number of nitrogen functional groups attached to an aromatic ring is 1. The molecule has 0 aliphatic heterocycles. The van der Waals surface area contributed by atoms with Crippen molar-refractivity contribution in [2.45, 2.75) is 51.3 Å². The van der Waals surface area contributed by atoms with E-state index in [2.05, 4.69) is 11.1 Å². The van der Waals surface area contributed by atoms with E-state index in [1.807, 2.05) is 6.07 Å². The van der Waals surface area contributed by atoms with Crippen molar-refractivity contribution in [1.29, 1.82) is 5.26 Å². The number of nitrogens with two attached hydrogens (primary N) is 1. The van der Waals surface area contributed by atoms with Gasteiger partial charge in [-0.25, -0.2) is 4.98 Å². The molecule has 1 heterocycles. The molecule has 3 aromatic rings. The number of methoxy groups -OCH3 is 1. The van der Waals surface area contributed by atoms with Crippen LogP contribution in [0.1, 0.15) is 53.6 Å². The quantitative estimate of drug-likeness (QED) is 0.452. The smallest absolute Gasteiger partial charge is 0.416 e. The lowest BCUT2D eigenvalue weighted by Gasteiger charge is -2.20. The van der Waals surface area contributed by atoms with E-state index in [4.69, 9.17) is 15.2 Å². The first-order chi connectivity index (χ1) is 16.8. The highest BCUT2D eigenvalue weighted by Gasteiger charge is 2.30. The molecule has 1 aliphatic rings. The molecular formula is C27H26F3N3O2. The van der Waals surface area contributed by atoms with E-state index in [0.717, 1.165) is 73.0 Å². The van der Waals surface area contributed by atoms with Gasteiger partial charge < -0.3 is 15.2 Å². The second-order valence-electron chi connectivity index (χ2n) is 8.55. The highest BCUT2D eigenvalue weighted by atomic mass is 19.4. The molecule has 0 unspecified atom stereocenters. The summed E-state index contributed by atoms with van der Waals surface area (Å²) >= 11 is 0. The van der Waals surface area contributed by atoms with Crippen LogP contribution < -0.4 is 15.2 Å². The molecule has 0 atom stereocenters. The SMILES string of the molecule is COc1cc(-c2c(C#N)c(N)nc3c2CCCCCC3)ccc1OCc1cccc(C(F)(F)F)c1. The Morgan fingerprint density at radius 2 is 1.80 bits per heavy atom. The monoisotopic (exact) mass is 481 g/mol. The Balaban J connectivity index is 1.68. The van der Waals surface area contributed by atoms with Gasteiger partial charge in [0.25, 0.3) is 0 Å². The summed E-state index contributed by atoms with van der Waals surface area (Å²) in [6, 6.07) is 12.5. The largest absolute Gasteiger partial charge is 0.493 e. The third-order valence-electron chi connectivity index (χ3n) is 6.21. The molecule has 2 N–H and O–H groups in total. The van der Waals surface area contributed by atoms with E-state index in [1.54, 1.807) is 18.2 Å². The highest BCUT2D eigenvalue weighted by Crippen LogP contribution is 2.39. The van der Waals surface area contributed by atoms with E-state index in [-0.39, 0.29) is 12.4 Å². The van der Waals surface area contributed by atoms with Crippen LogP contribution in [-0.4, -0.2) is 12.1 Å². The molecule has 182 valence electrons. The Hall–Kier alpha value is -3.73. The number of hydrogen-bond donors (Lipinski definition) is 1. The van der Waals surface area contributed by atoms with Crippen LogP contribution in [-0.2, 0) is 25.6 Å². The van der Waals surface area contributed by atoms with Gasteiger partial charge in [-0.3, -0.25) is 0 Å². The van der Waals surface area contributed by atoms with E-state index in [9.17, 15) is 18.4 Å². The first-order valence-electron chi connectivity index (χ1n) is 11.5. The van der Waals surface area contributed by atoms with Crippen molar-refractivity contribution in [3.05, 3.63) is 70.4 Å². The molecule has 0 radical (unpaired) electrons. The lowest BCUT2D eigenvalue weighted by atomic mass is 9.88. The third kappa shape index (κ3) is 5.35. The number of ether oxygens (including phenoxy) is 2. The first-order valence-corrected chi connectivity index (χ1v) is 11.5. The second-order valence-corrected chi connectivity index (χ2v) is 8.55. The summed E-state index contributed by atoms with van der Waals surface area (Å²) < 4.78 is 50.4. The number of pyridine rings is 1. The molecule has 0 spiro atoms. The summed E-state index contributed by atoms with van der Waals surface area (Å²) in [5.41, 5.74) is 9.66. The molecule has 0 amide bonds. The van der Waals surface area contributed by atoms with Crippen molar-refractivity contribution in [2.24, 2.45) is 0 Å². The molecular weight excluding hydrogens is 455 g/mol. The molecule has 1 aromatic heterocycles. The number of fused-ring (bicyclic) bond motifs is 1. The van der Waals surface area contributed by atoms with Gasteiger partial charge in [0.15, 0.2) is 11.5 Å². The van der Waals surface area contributed by atoms with Gasteiger partial charge >= 0.3 is 6.18 Å². The van der Waals surface area contributed by atoms with Crippen molar-refractivity contribution in [2.75, 3.05) is 12.8 Å². The molecule has 0 bridgehead atoms. The fraction of sp³-hybridized carbons (Fsp3) is 0.333. The van der Waals surface area contributed by atoms with Crippen molar-refractivity contribution >= 4 is 5.82 Å². The Morgan fingerprint density at radius 1 is 1.03 bits per heavy atom. The minimum atomic E-state index is -4.42. The molecule has 0 fully saturated rings. The molecule has 35 heavy (non-hydrogen) atoms. The fourth-order valence-electron chi connectivity index (χ4n) is 4.49. The van der Waals surface area contributed by atoms with E-state index in [0.29, 0.717) is 22.6 Å². The molecule has 0 saturated heterocycles. The lowest BCUT2D eigenvalue weighted by molar-refractivity contribution is -0.137. The summed E-state index contributed by atoms with van der Waals surface area (Å²) in [6.07, 6.45) is 1.49. The molecule has 8 heteroatoms. The van der Waals surface area contributed by atoms with Crippen molar-refractivity contribution < 1.29 is 22.6 Å². The number of rotatable bonds is 5. The lowest BCUT2D eigenvalue weighted by Crippen LogP contribution is -2.10. The zero-order valence-electron chi connectivity index (χ0n) is 19.4. The maximum Gasteiger partial charge on any atom is 0.416 e. The van der Waals surface area contributed by atoms with Crippen LogP contribution in [0.4, 0.5) is 19.0 Å². The minimum absolute atomic E-state index is 0.0549.